The number of hydrogen-bond donors (Lipinski definition) is 0. The van der Waals surface area contributed by atoms with Gasteiger partial charge in [0.15, 0.2) is 0 Å². The standard InChI is InChI=1S/C14H9F3N2O4/c15-14(16,17)10-6-4-9(5-7-10)8-11-12(18(20)21)2-1-3-13(11)19(22)23/h1-7H,8H2. The van der Waals surface area contributed by atoms with Gasteiger partial charge in [-0.25, -0.2) is 0 Å². The Labute approximate surface area is 127 Å². The number of nitro benzene ring substituents is 2. The van der Waals surface area contributed by atoms with E-state index in [1.807, 2.05) is 0 Å². The maximum Gasteiger partial charge on any atom is 0.416 e. The quantitative estimate of drug-likeness (QED) is 0.625. The lowest BCUT2D eigenvalue weighted by Crippen LogP contribution is -2.05. The van der Waals surface area contributed by atoms with Gasteiger partial charge in [-0.2, -0.15) is 13.2 Å². The van der Waals surface area contributed by atoms with Gasteiger partial charge in [0.25, 0.3) is 11.4 Å². The number of hydrogen-bond acceptors (Lipinski definition) is 4. The topological polar surface area (TPSA) is 86.3 Å². The van der Waals surface area contributed by atoms with Gasteiger partial charge >= 0.3 is 6.18 Å². The third-order valence-electron chi connectivity index (χ3n) is 3.18. The molecule has 9 heteroatoms. The predicted octanol–water partition coefficient (Wildman–Crippen LogP) is 4.11. The van der Waals surface area contributed by atoms with Gasteiger partial charge in [-0.3, -0.25) is 20.2 Å². The van der Waals surface area contributed by atoms with Crippen molar-refractivity contribution in [3.63, 3.8) is 0 Å². The maximum atomic E-state index is 12.5. The number of alkyl halides is 3. The van der Waals surface area contributed by atoms with Gasteiger partial charge in [0.1, 0.15) is 5.56 Å². The van der Waals surface area contributed by atoms with Crippen LogP contribution in [-0.4, -0.2) is 9.85 Å². The van der Waals surface area contributed by atoms with Gasteiger partial charge in [-0.15, -0.1) is 0 Å². The Kier molecular flexibility index (Phi) is 4.30. The van der Waals surface area contributed by atoms with Crippen LogP contribution in [0.25, 0.3) is 0 Å². The van der Waals surface area contributed by atoms with Gasteiger partial charge in [-0.05, 0) is 23.8 Å². The molecule has 0 amide bonds. The minimum Gasteiger partial charge on any atom is -0.258 e. The van der Waals surface area contributed by atoms with E-state index >= 15 is 0 Å². The second-order valence-corrected chi connectivity index (χ2v) is 4.66. The molecular weight excluding hydrogens is 317 g/mol. The smallest absolute Gasteiger partial charge is 0.258 e. The fourth-order valence-electron chi connectivity index (χ4n) is 2.10. The zero-order valence-electron chi connectivity index (χ0n) is 11.4. The Bertz CT molecular complexity index is 725. The molecule has 0 saturated heterocycles. The Hall–Kier alpha value is -2.97. The minimum atomic E-state index is -4.50. The molecule has 2 aromatic carbocycles. The van der Waals surface area contributed by atoms with Crippen LogP contribution in [-0.2, 0) is 12.6 Å². The van der Waals surface area contributed by atoms with Crippen LogP contribution in [0.5, 0.6) is 0 Å². The van der Waals surface area contributed by atoms with Crippen LogP contribution in [0.1, 0.15) is 16.7 Å². The lowest BCUT2D eigenvalue weighted by molar-refractivity contribution is -0.395. The third kappa shape index (κ3) is 3.62. The number of nitro groups is 2. The Morgan fingerprint density at radius 3 is 1.74 bits per heavy atom. The fraction of sp³-hybridized carbons (Fsp3) is 0.143. The number of halogens is 3. The summed E-state index contributed by atoms with van der Waals surface area (Å²) in [7, 11) is 0. The van der Waals surface area contributed by atoms with Crippen LogP contribution < -0.4 is 0 Å². The van der Waals surface area contributed by atoms with Gasteiger partial charge in [0, 0.05) is 18.6 Å². The van der Waals surface area contributed by atoms with Crippen molar-refractivity contribution in [2.45, 2.75) is 12.6 Å². The molecule has 0 spiro atoms. The zero-order valence-corrected chi connectivity index (χ0v) is 11.4. The summed E-state index contributed by atoms with van der Waals surface area (Å²) in [5, 5.41) is 22.0. The van der Waals surface area contributed by atoms with Gasteiger partial charge < -0.3 is 0 Å². The molecule has 0 aliphatic carbocycles. The molecule has 2 rings (SSSR count). The molecule has 0 heterocycles. The highest BCUT2D eigenvalue weighted by Gasteiger charge is 2.30. The number of benzene rings is 2. The van der Waals surface area contributed by atoms with Crippen molar-refractivity contribution >= 4 is 11.4 Å². The van der Waals surface area contributed by atoms with E-state index < -0.39 is 33.0 Å². The highest BCUT2D eigenvalue weighted by molar-refractivity contribution is 5.55. The van der Waals surface area contributed by atoms with Crippen molar-refractivity contribution < 1.29 is 23.0 Å². The molecule has 0 fully saturated rings. The van der Waals surface area contributed by atoms with E-state index in [1.165, 1.54) is 6.07 Å². The van der Waals surface area contributed by atoms with Crippen LogP contribution in [0.15, 0.2) is 42.5 Å². The van der Waals surface area contributed by atoms with E-state index in [9.17, 15) is 33.4 Å². The van der Waals surface area contributed by atoms with Crippen LogP contribution >= 0.6 is 0 Å². The Balaban J connectivity index is 2.43. The van der Waals surface area contributed by atoms with E-state index in [-0.39, 0.29) is 12.0 Å². The monoisotopic (exact) mass is 326 g/mol. The van der Waals surface area contributed by atoms with Gasteiger partial charge in [-0.1, -0.05) is 12.1 Å². The molecule has 0 N–H and O–H groups in total. The molecule has 6 nitrogen and oxygen atoms in total. The van der Waals surface area contributed by atoms with Crippen molar-refractivity contribution in [2.75, 3.05) is 0 Å². The van der Waals surface area contributed by atoms with Gasteiger partial charge in [0.2, 0.25) is 0 Å². The summed E-state index contributed by atoms with van der Waals surface area (Å²) in [5.74, 6) is 0. The molecular formula is C14H9F3N2O4. The molecule has 0 aromatic heterocycles. The summed E-state index contributed by atoms with van der Waals surface area (Å²) >= 11 is 0. The van der Waals surface area contributed by atoms with Crippen molar-refractivity contribution in [1.29, 1.82) is 0 Å². The van der Waals surface area contributed by atoms with Crippen molar-refractivity contribution in [3.05, 3.63) is 79.4 Å². The van der Waals surface area contributed by atoms with E-state index in [4.69, 9.17) is 0 Å². The lowest BCUT2D eigenvalue weighted by atomic mass is 10.0. The molecule has 2 aromatic rings. The molecule has 0 bridgehead atoms. The highest BCUT2D eigenvalue weighted by Crippen LogP contribution is 2.32. The van der Waals surface area contributed by atoms with Crippen LogP contribution in [0.4, 0.5) is 24.5 Å². The summed E-state index contributed by atoms with van der Waals surface area (Å²) < 4.78 is 37.5. The minimum absolute atomic E-state index is 0.151. The van der Waals surface area contributed by atoms with Gasteiger partial charge in [0.05, 0.1) is 15.4 Å². The molecule has 120 valence electrons. The second kappa shape index (κ2) is 6.03. The number of nitrogens with zero attached hydrogens (tertiary/aromatic N) is 2. The lowest BCUT2D eigenvalue weighted by Gasteiger charge is -2.08. The molecule has 0 unspecified atom stereocenters. The Morgan fingerprint density at radius 1 is 0.870 bits per heavy atom. The van der Waals surface area contributed by atoms with Crippen molar-refractivity contribution in [3.8, 4) is 0 Å². The molecule has 0 atom stereocenters. The average molecular weight is 326 g/mol. The molecule has 0 radical (unpaired) electrons. The number of rotatable bonds is 4. The first-order valence-electron chi connectivity index (χ1n) is 6.27. The van der Waals surface area contributed by atoms with Crippen molar-refractivity contribution in [1.82, 2.24) is 0 Å². The van der Waals surface area contributed by atoms with E-state index in [1.54, 1.807) is 0 Å². The van der Waals surface area contributed by atoms with E-state index in [0.29, 0.717) is 5.56 Å². The van der Waals surface area contributed by atoms with Crippen LogP contribution in [0, 0.1) is 20.2 Å². The van der Waals surface area contributed by atoms with Crippen molar-refractivity contribution in [2.24, 2.45) is 0 Å². The summed E-state index contributed by atoms with van der Waals surface area (Å²) in [4.78, 5) is 20.5. The first kappa shape index (κ1) is 16.4. The first-order chi connectivity index (χ1) is 10.7. The summed E-state index contributed by atoms with van der Waals surface area (Å²) in [5.41, 5.74) is -1.60. The average Bonchev–Trinajstić information content (AvgIpc) is 2.46. The molecule has 0 aliphatic heterocycles. The third-order valence-corrected chi connectivity index (χ3v) is 3.18. The largest absolute Gasteiger partial charge is 0.416 e. The Morgan fingerprint density at radius 2 is 1.35 bits per heavy atom. The fourth-order valence-corrected chi connectivity index (χ4v) is 2.10. The normalized spacial score (nSPS) is 11.3. The maximum absolute atomic E-state index is 12.5. The zero-order chi connectivity index (χ0) is 17.2. The first-order valence-corrected chi connectivity index (χ1v) is 6.27. The van der Waals surface area contributed by atoms with E-state index in [0.717, 1.165) is 36.4 Å². The van der Waals surface area contributed by atoms with Crippen LogP contribution in [0.2, 0.25) is 0 Å². The molecule has 0 aliphatic rings. The summed E-state index contributed by atoms with van der Waals surface area (Å²) in [6.45, 7) is 0. The second-order valence-electron chi connectivity index (χ2n) is 4.66. The summed E-state index contributed by atoms with van der Waals surface area (Å²) in [6.07, 6.45) is -4.71. The predicted molar refractivity (Wildman–Crippen MR) is 74.0 cm³/mol. The van der Waals surface area contributed by atoms with E-state index in [2.05, 4.69) is 0 Å². The molecule has 23 heavy (non-hydrogen) atoms. The molecule has 0 saturated carbocycles. The van der Waals surface area contributed by atoms with Crippen LogP contribution in [0.3, 0.4) is 0 Å². The SMILES string of the molecule is O=[N+]([O-])c1cccc([N+](=O)[O-])c1Cc1ccc(C(F)(F)F)cc1. The summed E-state index contributed by atoms with van der Waals surface area (Å²) in [6, 6.07) is 7.36. The highest BCUT2D eigenvalue weighted by atomic mass is 19.4.